The van der Waals surface area contributed by atoms with Crippen LogP contribution in [0.3, 0.4) is 0 Å². The molecule has 1 heterocycles. The molecule has 1 N–H and O–H groups in total. The van der Waals surface area contributed by atoms with Crippen LogP contribution in [-0.4, -0.2) is 57.1 Å². The topological polar surface area (TPSA) is 43.0 Å². The van der Waals surface area contributed by atoms with Gasteiger partial charge in [0.2, 0.25) is 0 Å². The van der Waals surface area contributed by atoms with Gasteiger partial charge in [-0.15, -0.1) is 0 Å². The summed E-state index contributed by atoms with van der Waals surface area (Å²) >= 11 is 0. The van der Waals surface area contributed by atoms with Crippen molar-refractivity contribution in [2.24, 2.45) is 0 Å². The number of hydrogen-bond donors (Lipinski definition) is 1. The zero-order valence-electron chi connectivity index (χ0n) is 19.4. The summed E-state index contributed by atoms with van der Waals surface area (Å²) in [6.07, 6.45) is 13.5. The van der Waals surface area contributed by atoms with Crippen molar-refractivity contribution in [3.05, 3.63) is 0 Å². The van der Waals surface area contributed by atoms with Crippen LogP contribution in [0.5, 0.6) is 0 Å². The predicted molar refractivity (Wildman–Crippen MR) is 119 cm³/mol. The minimum Gasteiger partial charge on any atom is -0.451 e. The van der Waals surface area contributed by atoms with Gasteiger partial charge in [-0.05, 0) is 80.3 Å². The monoisotopic (exact) mass is 412 g/mol. The Morgan fingerprint density at radius 3 is 2.00 bits per heavy atom. The lowest BCUT2D eigenvalue weighted by Crippen LogP contribution is -2.62. The number of rotatable bonds is 13. The molecule has 1 fully saturated rings. The minimum absolute atomic E-state index is 0.151. The van der Waals surface area contributed by atoms with Crippen molar-refractivity contribution in [1.29, 1.82) is 0 Å². The van der Waals surface area contributed by atoms with E-state index in [1.807, 2.05) is 13.8 Å². The van der Waals surface area contributed by atoms with Crippen LogP contribution in [0.4, 0.5) is 0 Å². The summed E-state index contributed by atoms with van der Waals surface area (Å²) in [6.45, 7) is 18.8. The van der Waals surface area contributed by atoms with E-state index in [9.17, 15) is 0 Å². The van der Waals surface area contributed by atoms with Crippen molar-refractivity contribution in [2.45, 2.75) is 104 Å². The van der Waals surface area contributed by atoms with Crippen molar-refractivity contribution in [3.63, 3.8) is 0 Å². The first-order valence-corrected chi connectivity index (χ1v) is 13.0. The highest BCUT2D eigenvalue weighted by molar-refractivity contribution is 6.61. The van der Waals surface area contributed by atoms with Gasteiger partial charge in [-0.2, -0.15) is 0 Å². The maximum absolute atomic E-state index is 5.91. The highest BCUT2D eigenvalue weighted by Crippen LogP contribution is 2.32. The van der Waals surface area contributed by atoms with Gasteiger partial charge < -0.3 is 23.5 Å². The number of nitrogens with zero attached hydrogens (tertiary/aromatic N) is 1. The van der Waals surface area contributed by atoms with E-state index in [0.29, 0.717) is 19.3 Å². The van der Waals surface area contributed by atoms with Crippen molar-refractivity contribution in [3.8, 4) is 12.5 Å². The van der Waals surface area contributed by atoms with Crippen LogP contribution in [0.25, 0.3) is 0 Å². The molecular formula is C22H44N2O3Si. The Labute approximate surface area is 175 Å². The minimum atomic E-state index is -2.77. The number of unbranched alkanes of at least 4 members (excludes halogenated alkanes) is 1. The summed E-state index contributed by atoms with van der Waals surface area (Å²) in [5, 5.41) is 3.80. The number of hydrogen-bond acceptors (Lipinski definition) is 5. The van der Waals surface area contributed by atoms with E-state index < -0.39 is 8.80 Å². The molecule has 0 bridgehead atoms. The molecule has 0 aromatic carbocycles. The van der Waals surface area contributed by atoms with Gasteiger partial charge in [0.25, 0.3) is 0 Å². The van der Waals surface area contributed by atoms with Crippen LogP contribution in [0.2, 0.25) is 6.04 Å². The lowest BCUT2D eigenvalue weighted by atomic mass is 9.79. The third kappa shape index (κ3) is 8.42. The molecule has 5 nitrogen and oxygen atoms in total. The van der Waals surface area contributed by atoms with Gasteiger partial charge in [-0.1, -0.05) is 19.8 Å². The predicted octanol–water partition coefficient (Wildman–Crippen LogP) is 4.41. The Kier molecular flexibility index (Phi) is 10.5. The fourth-order valence-corrected chi connectivity index (χ4v) is 6.93. The lowest BCUT2D eigenvalue weighted by molar-refractivity contribution is 0.0623. The van der Waals surface area contributed by atoms with Gasteiger partial charge in [0, 0.05) is 36.4 Å². The van der Waals surface area contributed by atoms with Gasteiger partial charge in [-0.25, -0.2) is 0 Å². The summed E-state index contributed by atoms with van der Waals surface area (Å²) < 4.78 is 17.4. The number of nitrogens with one attached hydrogen (secondary N) is 1. The van der Waals surface area contributed by atoms with E-state index in [-0.39, 0.29) is 11.1 Å². The SMILES string of the molecule is C#CO[Si](CCCN(CCCC)C1CC(C)(C)NC(C)(C)C1)(OCC)OCC. The van der Waals surface area contributed by atoms with Crippen LogP contribution < -0.4 is 5.32 Å². The zero-order chi connectivity index (χ0) is 21.3. The Hall–Kier alpha value is -0.583. The molecule has 1 rings (SSSR count). The normalized spacial score (nSPS) is 19.5. The molecule has 1 saturated heterocycles. The summed E-state index contributed by atoms with van der Waals surface area (Å²) in [7, 11) is -2.77. The third-order valence-electron chi connectivity index (χ3n) is 5.36. The Bertz CT molecular complexity index is 469. The maximum atomic E-state index is 5.91. The van der Waals surface area contributed by atoms with Crippen molar-refractivity contribution < 1.29 is 13.3 Å². The maximum Gasteiger partial charge on any atom is 0.574 e. The molecule has 0 saturated carbocycles. The molecule has 0 aliphatic carbocycles. The smallest absolute Gasteiger partial charge is 0.451 e. The van der Waals surface area contributed by atoms with Crippen LogP contribution in [0.1, 0.15) is 80.6 Å². The summed E-state index contributed by atoms with van der Waals surface area (Å²) in [6, 6.07) is 1.35. The molecule has 6 heteroatoms. The Morgan fingerprint density at radius 1 is 1.00 bits per heavy atom. The largest absolute Gasteiger partial charge is 0.574 e. The zero-order valence-corrected chi connectivity index (χ0v) is 20.4. The molecule has 0 amide bonds. The lowest BCUT2D eigenvalue weighted by Gasteiger charge is -2.50. The molecule has 0 aromatic rings. The summed E-state index contributed by atoms with van der Waals surface area (Å²) in [5.41, 5.74) is 0.303. The van der Waals surface area contributed by atoms with Crippen molar-refractivity contribution in [1.82, 2.24) is 10.2 Å². The van der Waals surface area contributed by atoms with E-state index in [1.54, 1.807) is 0 Å². The number of piperidine rings is 1. The van der Waals surface area contributed by atoms with Crippen LogP contribution in [-0.2, 0) is 13.3 Å². The fraction of sp³-hybridized carbons (Fsp3) is 0.909. The molecule has 0 spiro atoms. The first kappa shape index (κ1) is 25.5. The average molecular weight is 413 g/mol. The van der Waals surface area contributed by atoms with E-state index in [2.05, 4.69) is 50.9 Å². The third-order valence-corrected chi connectivity index (χ3v) is 8.21. The molecule has 0 aromatic heterocycles. The van der Waals surface area contributed by atoms with Crippen molar-refractivity contribution in [2.75, 3.05) is 26.3 Å². The highest BCUT2D eigenvalue weighted by atomic mass is 28.4. The molecule has 0 unspecified atom stereocenters. The second-order valence-corrected chi connectivity index (χ2v) is 11.9. The standard InChI is InChI=1S/C22H44N2O3Si/c1-9-13-15-24(20-18-21(5,6)23-22(7,8)19-20)16-14-17-28(25-10-2,26-11-3)27-12-4/h2,20,23H,9,11-19H2,1,3-8H3. The quantitative estimate of drug-likeness (QED) is 0.359. The second kappa shape index (κ2) is 11.6. The van der Waals surface area contributed by atoms with Gasteiger partial charge in [-0.3, -0.25) is 0 Å². The second-order valence-electron chi connectivity index (χ2n) is 9.22. The van der Waals surface area contributed by atoms with Crippen LogP contribution in [0, 0.1) is 12.5 Å². The molecule has 1 aliphatic rings. The highest BCUT2D eigenvalue weighted by Gasteiger charge is 2.43. The van der Waals surface area contributed by atoms with Crippen LogP contribution >= 0.6 is 0 Å². The van der Waals surface area contributed by atoms with Gasteiger partial charge in [0.05, 0.1) is 6.11 Å². The van der Waals surface area contributed by atoms with Crippen molar-refractivity contribution >= 4 is 8.80 Å². The van der Waals surface area contributed by atoms with E-state index in [0.717, 1.165) is 25.6 Å². The Balaban J connectivity index is 2.81. The molecule has 0 radical (unpaired) electrons. The van der Waals surface area contributed by atoms with E-state index in [4.69, 9.17) is 19.7 Å². The summed E-state index contributed by atoms with van der Waals surface area (Å²) in [5.74, 6) is 0. The van der Waals surface area contributed by atoms with Gasteiger partial charge in [0.15, 0.2) is 0 Å². The van der Waals surface area contributed by atoms with E-state index >= 15 is 0 Å². The average Bonchev–Trinajstić information content (AvgIpc) is 2.56. The molecule has 164 valence electrons. The van der Waals surface area contributed by atoms with Gasteiger partial charge in [0.1, 0.15) is 0 Å². The van der Waals surface area contributed by atoms with Crippen LogP contribution in [0.15, 0.2) is 0 Å². The first-order valence-electron chi connectivity index (χ1n) is 11.1. The molecular weight excluding hydrogens is 368 g/mol. The first-order chi connectivity index (χ1) is 13.1. The molecule has 1 aliphatic heterocycles. The fourth-order valence-electron chi connectivity index (χ4n) is 4.69. The number of terminal acetylenes is 1. The summed E-state index contributed by atoms with van der Waals surface area (Å²) in [4.78, 5) is 2.68. The van der Waals surface area contributed by atoms with Gasteiger partial charge >= 0.3 is 8.80 Å². The molecule has 28 heavy (non-hydrogen) atoms. The Morgan fingerprint density at radius 2 is 1.54 bits per heavy atom. The molecule has 0 atom stereocenters. The van der Waals surface area contributed by atoms with E-state index in [1.165, 1.54) is 25.7 Å².